The lowest BCUT2D eigenvalue weighted by atomic mass is 10.1. The van der Waals surface area contributed by atoms with E-state index in [1.165, 1.54) is 13.8 Å². The smallest absolute Gasteiger partial charge is 0.351 e. The summed E-state index contributed by atoms with van der Waals surface area (Å²) in [6.07, 6.45) is -4.98. The van der Waals surface area contributed by atoms with E-state index in [0.29, 0.717) is 4.57 Å². The first-order chi connectivity index (χ1) is 11.0. The van der Waals surface area contributed by atoms with Gasteiger partial charge in [0.15, 0.2) is 6.10 Å². The molecule has 1 aromatic rings. The third-order valence-electron chi connectivity index (χ3n) is 3.47. The van der Waals surface area contributed by atoms with Crippen LogP contribution < -0.4 is 16.7 Å². The standard InChI is InChI=1S/C13H18F2N4O5/c1-12(2,16)9(22)17-7-3-4-19(11(23)18-7)10-13(14,15)8(21)6(5-20)24-10/h3-4,6,8,10,20-21H,5,16H2,1-2H3,(H,17,18,22,23)/t6-,8-,10-/m1/s1. The van der Waals surface area contributed by atoms with Crippen molar-refractivity contribution in [1.82, 2.24) is 9.55 Å². The highest BCUT2D eigenvalue weighted by atomic mass is 19.3. The number of carbonyl (C=O) groups is 1. The molecule has 0 radical (unpaired) electrons. The van der Waals surface area contributed by atoms with E-state index in [9.17, 15) is 23.5 Å². The fourth-order valence-electron chi connectivity index (χ4n) is 2.06. The van der Waals surface area contributed by atoms with Crippen molar-refractivity contribution in [3.8, 4) is 0 Å². The van der Waals surface area contributed by atoms with E-state index in [1.807, 2.05) is 0 Å². The van der Waals surface area contributed by atoms with Gasteiger partial charge in [0.2, 0.25) is 12.1 Å². The highest BCUT2D eigenvalue weighted by Crippen LogP contribution is 2.41. The van der Waals surface area contributed by atoms with Crippen molar-refractivity contribution in [2.45, 2.75) is 43.7 Å². The molecule has 9 nitrogen and oxygen atoms in total. The van der Waals surface area contributed by atoms with Gasteiger partial charge in [-0.25, -0.2) is 4.79 Å². The van der Waals surface area contributed by atoms with Crippen molar-refractivity contribution in [3.05, 3.63) is 22.7 Å². The summed E-state index contributed by atoms with van der Waals surface area (Å²) in [7, 11) is 0. The van der Waals surface area contributed by atoms with Crippen molar-refractivity contribution in [2.24, 2.45) is 5.73 Å². The molecule has 1 amide bonds. The Balaban J connectivity index is 2.28. The second-order valence-corrected chi connectivity index (χ2v) is 6.01. The predicted octanol–water partition coefficient (Wildman–Crippen LogP) is -1.20. The molecule has 0 aromatic carbocycles. The van der Waals surface area contributed by atoms with Crippen LogP contribution in [0.2, 0.25) is 0 Å². The van der Waals surface area contributed by atoms with Crippen LogP contribution in [-0.2, 0) is 9.53 Å². The molecule has 1 aromatic heterocycles. The zero-order valence-electron chi connectivity index (χ0n) is 12.9. The van der Waals surface area contributed by atoms with Gasteiger partial charge in [0.1, 0.15) is 11.9 Å². The average Bonchev–Trinajstić information content (AvgIpc) is 2.69. The number of anilines is 1. The van der Waals surface area contributed by atoms with Gasteiger partial charge in [-0.05, 0) is 19.9 Å². The number of carbonyl (C=O) groups excluding carboxylic acids is 1. The number of nitrogens with one attached hydrogen (secondary N) is 1. The third-order valence-corrected chi connectivity index (χ3v) is 3.47. The number of alkyl halides is 2. The molecule has 1 saturated heterocycles. The maximum absolute atomic E-state index is 14.0. The van der Waals surface area contributed by atoms with E-state index in [2.05, 4.69) is 10.3 Å². The maximum atomic E-state index is 14.0. The summed E-state index contributed by atoms with van der Waals surface area (Å²) in [4.78, 5) is 27.2. The average molecular weight is 348 g/mol. The van der Waals surface area contributed by atoms with Crippen molar-refractivity contribution in [2.75, 3.05) is 11.9 Å². The monoisotopic (exact) mass is 348 g/mol. The number of ether oxygens (including phenoxy) is 1. The number of amides is 1. The highest BCUT2D eigenvalue weighted by molar-refractivity contribution is 5.96. The molecule has 134 valence electrons. The lowest BCUT2D eigenvalue weighted by molar-refractivity contribution is -0.141. The number of nitrogens with two attached hydrogens (primary N) is 1. The summed E-state index contributed by atoms with van der Waals surface area (Å²) in [5.41, 5.74) is 3.23. The molecule has 2 heterocycles. The molecule has 1 aliphatic heterocycles. The van der Waals surface area contributed by atoms with Crippen molar-refractivity contribution in [1.29, 1.82) is 0 Å². The Morgan fingerprint density at radius 2 is 2.21 bits per heavy atom. The predicted molar refractivity (Wildman–Crippen MR) is 77.3 cm³/mol. The van der Waals surface area contributed by atoms with E-state index < -0.39 is 48.1 Å². The first-order valence-electron chi connectivity index (χ1n) is 7.00. The van der Waals surface area contributed by atoms with Crippen LogP contribution in [0.5, 0.6) is 0 Å². The molecule has 1 aliphatic rings. The lowest BCUT2D eigenvalue weighted by Crippen LogP contribution is -2.46. The maximum Gasteiger partial charge on any atom is 0.351 e. The van der Waals surface area contributed by atoms with Gasteiger partial charge < -0.3 is 26.0 Å². The number of nitrogens with zero attached hydrogens (tertiary/aromatic N) is 2. The van der Waals surface area contributed by atoms with E-state index in [1.54, 1.807) is 0 Å². The summed E-state index contributed by atoms with van der Waals surface area (Å²) < 4.78 is 33.3. The molecule has 0 spiro atoms. The van der Waals surface area contributed by atoms with Crippen molar-refractivity contribution >= 4 is 11.7 Å². The van der Waals surface area contributed by atoms with Crippen molar-refractivity contribution in [3.63, 3.8) is 0 Å². The van der Waals surface area contributed by atoms with Crippen LogP contribution in [0.1, 0.15) is 20.1 Å². The van der Waals surface area contributed by atoms with Crippen LogP contribution in [0.15, 0.2) is 17.1 Å². The van der Waals surface area contributed by atoms with Gasteiger partial charge in [-0.2, -0.15) is 13.8 Å². The number of aliphatic hydroxyl groups is 2. The fraction of sp³-hybridized carbons (Fsp3) is 0.615. The second-order valence-electron chi connectivity index (χ2n) is 6.01. The van der Waals surface area contributed by atoms with E-state index >= 15 is 0 Å². The van der Waals surface area contributed by atoms with Crippen LogP contribution in [0.4, 0.5) is 14.6 Å². The van der Waals surface area contributed by atoms with Gasteiger partial charge in [0.05, 0.1) is 12.1 Å². The SMILES string of the molecule is CC(C)(N)C(=O)Nc1ccn([C@@H]2O[C@H](CO)[C@@H](O)C2(F)F)c(=O)n1. The Morgan fingerprint density at radius 1 is 1.58 bits per heavy atom. The first-order valence-corrected chi connectivity index (χ1v) is 7.00. The minimum atomic E-state index is -3.80. The van der Waals surface area contributed by atoms with Gasteiger partial charge in [0.25, 0.3) is 0 Å². The van der Waals surface area contributed by atoms with Gasteiger partial charge in [0, 0.05) is 6.20 Å². The highest BCUT2D eigenvalue weighted by Gasteiger charge is 2.59. The molecule has 0 unspecified atom stereocenters. The normalized spacial score (nSPS) is 26.4. The number of aliphatic hydroxyl groups excluding tert-OH is 2. The number of aromatic nitrogens is 2. The second kappa shape index (κ2) is 6.16. The molecule has 3 atom stereocenters. The lowest BCUT2D eigenvalue weighted by Gasteiger charge is -2.21. The van der Waals surface area contributed by atoms with Gasteiger partial charge in [-0.1, -0.05) is 0 Å². The largest absolute Gasteiger partial charge is 0.394 e. The summed E-state index contributed by atoms with van der Waals surface area (Å²) in [6.45, 7) is 2.04. The number of halogens is 2. The summed E-state index contributed by atoms with van der Waals surface area (Å²) in [5, 5.41) is 20.7. The van der Waals surface area contributed by atoms with E-state index in [4.69, 9.17) is 15.6 Å². The van der Waals surface area contributed by atoms with Crippen LogP contribution in [0.3, 0.4) is 0 Å². The Morgan fingerprint density at radius 3 is 2.67 bits per heavy atom. The molecular weight excluding hydrogens is 330 g/mol. The Bertz CT molecular complexity index is 688. The first kappa shape index (κ1) is 18.4. The van der Waals surface area contributed by atoms with E-state index in [-0.39, 0.29) is 5.82 Å². The van der Waals surface area contributed by atoms with Gasteiger partial charge in [-0.3, -0.25) is 9.36 Å². The molecule has 2 rings (SSSR count). The topological polar surface area (TPSA) is 140 Å². The Hall–Kier alpha value is -1.95. The van der Waals surface area contributed by atoms with Crippen LogP contribution in [-0.4, -0.2) is 55.9 Å². The van der Waals surface area contributed by atoms with Crippen LogP contribution >= 0.6 is 0 Å². The minimum Gasteiger partial charge on any atom is -0.394 e. The zero-order valence-corrected chi connectivity index (χ0v) is 12.9. The van der Waals surface area contributed by atoms with Crippen LogP contribution in [0, 0.1) is 0 Å². The Kier molecular flexibility index (Phi) is 4.72. The quantitative estimate of drug-likeness (QED) is 0.536. The van der Waals surface area contributed by atoms with E-state index in [0.717, 1.165) is 12.3 Å². The van der Waals surface area contributed by atoms with Crippen molar-refractivity contribution < 1.29 is 28.5 Å². The summed E-state index contributed by atoms with van der Waals surface area (Å²) >= 11 is 0. The number of rotatable bonds is 4. The molecule has 0 bridgehead atoms. The zero-order chi connectivity index (χ0) is 18.3. The molecule has 0 aliphatic carbocycles. The molecule has 11 heteroatoms. The summed E-state index contributed by atoms with van der Waals surface area (Å²) in [6, 6.07) is 1.11. The van der Waals surface area contributed by atoms with Crippen LogP contribution in [0.25, 0.3) is 0 Å². The number of hydrogen-bond acceptors (Lipinski definition) is 7. The molecular formula is C13H18F2N4O5. The fourth-order valence-corrected chi connectivity index (χ4v) is 2.06. The summed E-state index contributed by atoms with van der Waals surface area (Å²) in [5.74, 6) is -4.59. The Labute approximate surface area is 135 Å². The molecule has 24 heavy (non-hydrogen) atoms. The molecule has 0 saturated carbocycles. The molecule has 5 N–H and O–H groups in total. The molecule has 1 fully saturated rings. The number of hydrogen-bond donors (Lipinski definition) is 4. The third kappa shape index (κ3) is 3.29. The van der Waals surface area contributed by atoms with Gasteiger partial charge in [-0.15, -0.1) is 0 Å². The minimum absolute atomic E-state index is 0.166. The van der Waals surface area contributed by atoms with Gasteiger partial charge >= 0.3 is 11.6 Å².